The van der Waals surface area contributed by atoms with Crippen molar-refractivity contribution in [3.8, 4) is 0 Å². The number of nitrogen functional groups attached to an aromatic ring is 1. The fourth-order valence-electron chi connectivity index (χ4n) is 2.41. The molecule has 2 N–H and O–H groups in total. The molecule has 0 aliphatic carbocycles. The molecule has 0 bridgehead atoms. The van der Waals surface area contributed by atoms with Crippen LogP contribution >= 0.6 is 11.6 Å². The van der Waals surface area contributed by atoms with Gasteiger partial charge in [0, 0.05) is 33.9 Å². The van der Waals surface area contributed by atoms with Crippen molar-refractivity contribution in [1.29, 1.82) is 0 Å². The number of hydrogen-bond acceptors (Lipinski definition) is 1. The molecular weight excluding hydrogens is 256 g/mol. The summed E-state index contributed by atoms with van der Waals surface area (Å²) in [5.74, 6) is 0. The highest BCUT2D eigenvalue weighted by Gasteiger charge is 2.06. The summed E-state index contributed by atoms with van der Waals surface area (Å²) in [6.07, 6.45) is 0. The van der Waals surface area contributed by atoms with Crippen molar-refractivity contribution < 1.29 is 0 Å². The average molecular weight is 271 g/mol. The molecule has 96 valence electrons. The molecule has 0 radical (unpaired) electrons. The number of aryl methyl sites for hydroxylation is 1. The minimum absolute atomic E-state index is 0.769. The molecule has 2 aromatic carbocycles. The number of halogens is 1. The van der Waals surface area contributed by atoms with Crippen molar-refractivity contribution in [2.75, 3.05) is 5.73 Å². The lowest BCUT2D eigenvalue weighted by Gasteiger charge is -2.09. The van der Waals surface area contributed by atoms with Crippen LogP contribution in [0.25, 0.3) is 10.9 Å². The standard InChI is InChI=1S/C16H15ClN2/c1-11-8-13-9-15(18)6-7-16(13)19(11)10-12-2-4-14(17)5-3-12/h2-9H,10,18H2,1H3. The van der Waals surface area contributed by atoms with Gasteiger partial charge in [-0.05, 0) is 48.9 Å². The van der Waals surface area contributed by atoms with Gasteiger partial charge >= 0.3 is 0 Å². The van der Waals surface area contributed by atoms with Crippen LogP contribution in [0.4, 0.5) is 5.69 Å². The summed E-state index contributed by atoms with van der Waals surface area (Å²) in [5, 5.41) is 1.96. The van der Waals surface area contributed by atoms with E-state index in [2.05, 4.69) is 35.8 Å². The molecule has 3 rings (SSSR count). The van der Waals surface area contributed by atoms with Crippen LogP contribution in [-0.2, 0) is 6.54 Å². The highest BCUT2D eigenvalue weighted by Crippen LogP contribution is 2.23. The first-order valence-electron chi connectivity index (χ1n) is 6.23. The maximum absolute atomic E-state index is 5.92. The van der Waals surface area contributed by atoms with Crippen LogP contribution in [0.15, 0.2) is 48.5 Å². The van der Waals surface area contributed by atoms with Crippen molar-refractivity contribution in [3.05, 3.63) is 64.8 Å². The van der Waals surface area contributed by atoms with Crippen LogP contribution in [0.1, 0.15) is 11.3 Å². The zero-order chi connectivity index (χ0) is 13.4. The van der Waals surface area contributed by atoms with E-state index in [1.165, 1.54) is 22.2 Å². The fraction of sp³-hybridized carbons (Fsp3) is 0.125. The molecule has 0 spiro atoms. The van der Waals surface area contributed by atoms with Gasteiger partial charge in [0.2, 0.25) is 0 Å². The van der Waals surface area contributed by atoms with Crippen LogP contribution in [-0.4, -0.2) is 4.57 Å². The van der Waals surface area contributed by atoms with Gasteiger partial charge in [-0.2, -0.15) is 0 Å². The second-order valence-electron chi connectivity index (χ2n) is 4.82. The number of fused-ring (bicyclic) bond motifs is 1. The molecule has 19 heavy (non-hydrogen) atoms. The molecule has 0 aliphatic heterocycles. The summed E-state index contributed by atoms with van der Waals surface area (Å²) >= 11 is 5.92. The third kappa shape index (κ3) is 2.32. The van der Waals surface area contributed by atoms with Crippen molar-refractivity contribution in [3.63, 3.8) is 0 Å². The van der Waals surface area contributed by atoms with Crippen molar-refractivity contribution in [2.24, 2.45) is 0 Å². The van der Waals surface area contributed by atoms with Gasteiger partial charge in [-0.15, -0.1) is 0 Å². The second-order valence-corrected chi connectivity index (χ2v) is 5.25. The van der Waals surface area contributed by atoms with Gasteiger partial charge in [-0.25, -0.2) is 0 Å². The lowest BCUT2D eigenvalue weighted by atomic mass is 10.2. The van der Waals surface area contributed by atoms with Gasteiger partial charge in [-0.3, -0.25) is 0 Å². The van der Waals surface area contributed by atoms with E-state index >= 15 is 0 Å². The summed E-state index contributed by atoms with van der Waals surface area (Å²) in [4.78, 5) is 0. The first-order valence-corrected chi connectivity index (χ1v) is 6.61. The van der Waals surface area contributed by atoms with E-state index in [0.717, 1.165) is 17.3 Å². The van der Waals surface area contributed by atoms with Gasteiger partial charge in [0.15, 0.2) is 0 Å². The highest BCUT2D eigenvalue weighted by molar-refractivity contribution is 6.30. The van der Waals surface area contributed by atoms with Gasteiger partial charge in [0.1, 0.15) is 0 Å². The van der Waals surface area contributed by atoms with Crippen LogP contribution in [0.5, 0.6) is 0 Å². The molecule has 3 aromatic rings. The van der Waals surface area contributed by atoms with Gasteiger partial charge in [0.05, 0.1) is 0 Å². The predicted molar refractivity (Wildman–Crippen MR) is 81.6 cm³/mol. The van der Waals surface area contributed by atoms with E-state index in [1.54, 1.807) is 0 Å². The first-order chi connectivity index (χ1) is 9.13. The van der Waals surface area contributed by atoms with Crippen LogP contribution in [0.2, 0.25) is 5.02 Å². The van der Waals surface area contributed by atoms with Gasteiger partial charge in [-0.1, -0.05) is 23.7 Å². The minimum atomic E-state index is 0.769. The number of nitrogens with zero attached hydrogens (tertiary/aromatic N) is 1. The Labute approximate surface area is 117 Å². The van der Waals surface area contributed by atoms with E-state index in [9.17, 15) is 0 Å². The number of nitrogens with two attached hydrogens (primary N) is 1. The smallest absolute Gasteiger partial charge is 0.0487 e. The third-order valence-corrected chi connectivity index (χ3v) is 3.64. The lowest BCUT2D eigenvalue weighted by Crippen LogP contribution is -2.01. The molecule has 1 aromatic heterocycles. The van der Waals surface area contributed by atoms with E-state index < -0.39 is 0 Å². The number of aromatic nitrogens is 1. The maximum atomic E-state index is 5.92. The average Bonchev–Trinajstić information content (AvgIpc) is 2.68. The number of rotatable bonds is 2. The Morgan fingerprint density at radius 3 is 2.53 bits per heavy atom. The maximum Gasteiger partial charge on any atom is 0.0487 e. The summed E-state index contributed by atoms with van der Waals surface area (Å²) < 4.78 is 2.29. The quantitative estimate of drug-likeness (QED) is 0.694. The topological polar surface area (TPSA) is 30.9 Å². The van der Waals surface area contributed by atoms with Gasteiger partial charge in [0.25, 0.3) is 0 Å². The van der Waals surface area contributed by atoms with E-state index in [0.29, 0.717) is 0 Å². The Morgan fingerprint density at radius 1 is 1.05 bits per heavy atom. The summed E-state index contributed by atoms with van der Waals surface area (Å²) in [6, 6.07) is 16.2. The van der Waals surface area contributed by atoms with Crippen LogP contribution < -0.4 is 5.73 Å². The lowest BCUT2D eigenvalue weighted by molar-refractivity contribution is 0.805. The van der Waals surface area contributed by atoms with Crippen molar-refractivity contribution in [1.82, 2.24) is 4.57 Å². The molecule has 0 atom stereocenters. The second kappa shape index (κ2) is 4.63. The van der Waals surface area contributed by atoms with Crippen molar-refractivity contribution in [2.45, 2.75) is 13.5 Å². The first kappa shape index (κ1) is 12.1. The number of hydrogen-bond donors (Lipinski definition) is 1. The molecule has 0 saturated heterocycles. The molecule has 0 fully saturated rings. The molecule has 0 unspecified atom stereocenters. The summed E-state index contributed by atoms with van der Waals surface area (Å²) in [7, 11) is 0. The molecule has 0 amide bonds. The zero-order valence-electron chi connectivity index (χ0n) is 10.7. The Balaban J connectivity index is 2.05. The fourth-order valence-corrected chi connectivity index (χ4v) is 2.54. The molecule has 2 nitrogen and oxygen atoms in total. The normalized spacial score (nSPS) is 11.1. The molecular formula is C16H15ClN2. The van der Waals surface area contributed by atoms with E-state index in [1.807, 2.05) is 24.3 Å². The summed E-state index contributed by atoms with van der Waals surface area (Å²) in [5.41, 5.74) is 10.3. The zero-order valence-corrected chi connectivity index (χ0v) is 11.5. The SMILES string of the molecule is Cc1cc2cc(N)ccc2n1Cc1ccc(Cl)cc1. The molecule has 0 aliphatic rings. The predicted octanol–water partition coefficient (Wildman–Crippen LogP) is 4.23. The Morgan fingerprint density at radius 2 is 1.79 bits per heavy atom. The Bertz CT molecular complexity index is 726. The molecule has 0 saturated carbocycles. The Hall–Kier alpha value is -1.93. The monoisotopic (exact) mass is 270 g/mol. The minimum Gasteiger partial charge on any atom is -0.399 e. The number of benzene rings is 2. The van der Waals surface area contributed by atoms with Gasteiger partial charge < -0.3 is 10.3 Å². The molecule has 1 heterocycles. The summed E-state index contributed by atoms with van der Waals surface area (Å²) in [6.45, 7) is 2.96. The highest BCUT2D eigenvalue weighted by atomic mass is 35.5. The van der Waals surface area contributed by atoms with Crippen LogP contribution in [0, 0.1) is 6.92 Å². The molecule has 3 heteroatoms. The van der Waals surface area contributed by atoms with E-state index in [-0.39, 0.29) is 0 Å². The third-order valence-electron chi connectivity index (χ3n) is 3.39. The van der Waals surface area contributed by atoms with Crippen LogP contribution in [0.3, 0.4) is 0 Å². The number of anilines is 1. The Kier molecular flexibility index (Phi) is 2.96. The van der Waals surface area contributed by atoms with E-state index in [4.69, 9.17) is 17.3 Å². The van der Waals surface area contributed by atoms with Crippen molar-refractivity contribution >= 4 is 28.2 Å². The largest absolute Gasteiger partial charge is 0.399 e.